The monoisotopic (exact) mass is 517 g/mol. The zero-order valence-electron chi connectivity index (χ0n) is 21.1. The highest BCUT2D eigenvalue weighted by atomic mass is 19.1. The summed E-state index contributed by atoms with van der Waals surface area (Å²) < 4.78 is 42.3. The van der Waals surface area contributed by atoms with E-state index in [1.54, 1.807) is 33.8 Å². The largest absolute Gasteiger partial charge is 0.435 e. The fourth-order valence-electron chi connectivity index (χ4n) is 4.65. The number of carbonyl (C=O) groups excluding carboxylic acids is 1. The van der Waals surface area contributed by atoms with Crippen molar-refractivity contribution in [1.82, 2.24) is 14.7 Å². The van der Waals surface area contributed by atoms with Crippen LogP contribution >= 0.6 is 0 Å². The van der Waals surface area contributed by atoms with Crippen LogP contribution in [0.4, 0.5) is 8.78 Å². The van der Waals surface area contributed by atoms with Crippen LogP contribution in [0.15, 0.2) is 78.9 Å². The van der Waals surface area contributed by atoms with Gasteiger partial charge in [-0.3, -0.25) is 4.79 Å². The summed E-state index contributed by atoms with van der Waals surface area (Å²) in [5, 5.41) is 4.80. The number of benzene rings is 3. The average molecular weight is 518 g/mol. The third-order valence-corrected chi connectivity index (χ3v) is 6.55. The fraction of sp³-hybridized carbons (Fsp3) is 0.267. The predicted molar refractivity (Wildman–Crippen MR) is 140 cm³/mol. The maximum absolute atomic E-state index is 14.7. The quantitative estimate of drug-likeness (QED) is 0.261. The molecule has 0 aliphatic carbocycles. The van der Waals surface area contributed by atoms with Gasteiger partial charge in [0.15, 0.2) is 11.6 Å². The Morgan fingerprint density at radius 1 is 1.08 bits per heavy atom. The van der Waals surface area contributed by atoms with Crippen molar-refractivity contribution in [2.45, 2.75) is 38.8 Å². The summed E-state index contributed by atoms with van der Waals surface area (Å²) in [7, 11) is 0. The second-order valence-corrected chi connectivity index (χ2v) is 9.19. The number of carbonyl (C=O) groups is 1. The van der Waals surface area contributed by atoms with Gasteiger partial charge in [0, 0.05) is 18.7 Å². The molecule has 5 rings (SSSR count). The number of hydrogen-bond acceptors (Lipinski definition) is 4. The van der Waals surface area contributed by atoms with Gasteiger partial charge in [0.25, 0.3) is 5.91 Å². The Balaban J connectivity index is 1.59. The highest BCUT2D eigenvalue weighted by Gasteiger charge is 2.29. The van der Waals surface area contributed by atoms with Crippen molar-refractivity contribution in [2.24, 2.45) is 0 Å². The van der Waals surface area contributed by atoms with Crippen LogP contribution in [0.1, 0.15) is 41.4 Å². The SMILES string of the molecule is CCc1nn(-c2ccccc2)c(Oc2ccccc2F)c1CN(C[C@H]1CCCO1)C(=O)c1cccc(F)c1. The van der Waals surface area contributed by atoms with E-state index >= 15 is 0 Å². The van der Waals surface area contributed by atoms with Crippen LogP contribution in [0.5, 0.6) is 11.6 Å². The number of nitrogens with zero attached hydrogens (tertiary/aromatic N) is 3. The number of hydrogen-bond donors (Lipinski definition) is 0. The summed E-state index contributed by atoms with van der Waals surface area (Å²) in [5.74, 6) is -0.948. The van der Waals surface area contributed by atoms with Crippen molar-refractivity contribution in [3.63, 3.8) is 0 Å². The van der Waals surface area contributed by atoms with Gasteiger partial charge in [0.1, 0.15) is 5.82 Å². The molecule has 1 aliphatic rings. The number of amides is 1. The van der Waals surface area contributed by atoms with Gasteiger partial charge in [0.05, 0.1) is 29.6 Å². The molecular weight excluding hydrogens is 488 g/mol. The van der Waals surface area contributed by atoms with E-state index in [0.29, 0.717) is 36.7 Å². The van der Waals surface area contributed by atoms with E-state index in [4.69, 9.17) is 14.6 Å². The first-order chi connectivity index (χ1) is 18.5. The molecule has 1 aliphatic heterocycles. The molecule has 1 aromatic heterocycles. The Kier molecular flexibility index (Phi) is 7.79. The molecule has 0 radical (unpaired) electrons. The van der Waals surface area contributed by atoms with Gasteiger partial charge < -0.3 is 14.4 Å². The number of aryl methyl sites for hydroxylation is 1. The summed E-state index contributed by atoms with van der Waals surface area (Å²) in [6.45, 7) is 3.07. The van der Waals surface area contributed by atoms with Crippen LogP contribution in [0.25, 0.3) is 5.69 Å². The summed E-state index contributed by atoms with van der Waals surface area (Å²) in [5.41, 5.74) is 2.35. The minimum atomic E-state index is -0.510. The average Bonchev–Trinajstić information content (AvgIpc) is 3.57. The van der Waals surface area contributed by atoms with Crippen LogP contribution in [0.3, 0.4) is 0 Å². The van der Waals surface area contributed by atoms with E-state index < -0.39 is 11.6 Å². The van der Waals surface area contributed by atoms with E-state index in [2.05, 4.69) is 0 Å². The van der Waals surface area contributed by atoms with Gasteiger partial charge in [-0.2, -0.15) is 5.10 Å². The Bertz CT molecular complexity index is 1400. The number of para-hydroxylation sites is 2. The van der Waals surface area contributed by atoms with Gasteiger partial charge in [-0.05, 0) is 61.7 Å². The van der Waals surface area contributed by atoms with Crippen molar-refractivity contribution in [1.29, 1.82) is 0 Å². The fourth-order valence-corrected chi connectivity index (χ4v) is 4.65. The van der Waals surface area contributed by atoms with E-state index in [9.17, 15) is 13.6 Å². The lowest BCUT2D eigenvalue weighted by Crippen LogP contribution is -2.37. The molecule has 0 spiro atoms. The molecule has 1 amide bonds. The van der Waals surface area contributed by atoms with Crippen LogP contribution in [-0.2, 0) is 17.7 Å². The molecule has 1 atom stereocenters. The lowest BCUT2D eigenvalue weighted by Gasteiger charge is -2.26. The highest BCUT2D eigenvalue weighted by molar-refractivity contribution is 5.94. The van der Waals surface area contributed by atoms with Gasteiger partial charge in [-0.1, -0.05) is 43.3 Å². The maximum atomic E-state index is 14.7. The minimum Gasteiger partial charge on any atom is -0.435 e. The van der Waals surface area contributed by atoms with E-state index in [1.807, 2.05) is 37.3 Å². The first-order valence-corrected chi connectivity index (χ1v) is 12.8. The molecule has 6 nitrogen and oxygen atoms in total. The molecule has 4 aromatic rings. The molecule has 0 unspecified atom stereocenters. The number of rotatable bonds is 9. The topological polar surface area (TPSA) is 56.6 Å². The van der Waals surface area contributed by atoms with Crippen LogP contribution < -0.4 is 4.74 Å². The van der Waals surface area contributed by atoms with Crippen molar-refractivity contribution < 1.29 is 23.0 Å². The van der Waals surface area contributed by atoms with E-state index in [0.717, 1.165) is 18.5 Å². The van der Waals surface area contributed by atoms with E-state index in [-0.39, 0.29) is 29.9 Å². The van der Waals surface area contributed by atoms with Crippen molar-refractivity contribution in [3.05, 3.63) is 107 Å². The van der Waals surface area contributed by atoms with Crippen molar-refractivity contribution in [2.75, 3.05) is 13.2 Å². The van der Waals surface area contributed by atoms with Crippen molar-refractivity contribution >= 4 is 5.91 Å². The van der Waals surface area contributed by atoms with E-state index in [1.165, 1.54) is 24.3 Å². The van der Waals surface area contributed by atoms with Crippen molar-refractivity contribution in [3.8, 4) is 17.3 Å². The van der Waals surface area contributed by atoms with Crippen LogP contribution in [-0.4, -0.2) is 39.8 Å². The maximum Gasteiger partial charge on any atom is 0.254 e. The highest BCUT2D eigenvalue weighted by Crippen LogP contribution is 2.34. The standard InChI is InChI=1S/C30H29F2N3O3/c1-2-27-25(20-34(19-24-14-9-17-37-24)29(36)21-10-8-11-22(31)18-21)30(38-28-16-7-6-15-26(28)32)35(33-27)23-12-4-3-5-13-23/h3-8,10-13,15-16,18,24H,2,9,14,17,19-20H2,1H3/t24-/m1/s1. The summed E-state index contributed by atoms with van der Waals surface area (Å²) in [6.07, 6.45) is 2.18. The second kappa shape index (κ2) is 11.6. The summed E-state index contributed by atoms with van der Waals surface area (Å²) >= 11 is 0. The van der Waals surface area contributed by atoms with Gasteiger partial charge in [-0.15, -0.1) is 0 Å². The normalized spacial score (nSPS) is 15.0. The molecule has 2 heterocycles. The first-order valence-electron chi connectivity index (χ1n) is 12.8. The third kappa shape index (κ3) is 5.60. The molecule has 0 N–H and O–H groups in total. The summed E-state index contributed by atoms with van der Waals surface area (Å²) in [4.78, 5) is 15.3. The molecule has 1 fully saturated rings. The molecule has 8 heteroatoms. The van der Waals surface area contributed by atoms with Crippen LogP contribution in [0, 0.1) is 11.6 Å². The lowest BCUT2D eigenvalue weighted by atomic mass is 10.1. The van der Waals surface area contributed by atoms with Gasteiger partial charge >= 0.3 is 0 Å². The molecule has 1 saturated heterocycles. The Hall–Kier alpha value is -4.04. The number of ether oxygens (including phenoxy) is 2. The predicted octanol–water partition coefficient (Wildman–Crippen LogP) is 6.33. The summed E-state index contributed by atoms with van der Waals surface area (Å²) in [6, 6.07) is 21.2. The first kappa shape index (κ1) is 25.6. The third-order valence-electron chi connectivity index (χ3n) is 6.55. The number of aromatic nitrogens is 2. The molecule has 196 valence electrons. The Morgan fingerprint density at radius 3 is 2.58 bits per heavy atom. The van der Waals surface area contributed by atoms with Gasteiger partial charge in [-0.25, -0.2) is 13.5 Å². The smallest absolute Gasteiger partial charge is 0.254 e. The minimum absolute atomic E-state index is 0.0515. The Labute approximate surface area is 220 Å². The molecule has 0 saturated carbocycles. The lowest BCUT2D eigenvalue weighted by molar-refractivity contribution is 0.0505. The molecule has 0 bridgehead atoms. The van der Waals surface area contributed by atoms with Gasteiger partial charge in [0.2, 0.25) is 5.88 Å². The number of halogens is 2. The molecule has 38 heavy (non-hydrogen) atoms. The zero-order valence-corrected chi connectivity index (χ0v) is 21.1. The molecule has 3 aromatic carbocycles. The van der Waals surface area contributed by atoms with Crippen LogP contribution in [0.2, 0.25) is 0 Å². The zero-order chi connectivity index (χ0) is 26.5. The Morgan fingerprint density at radius 2 is 1.87 bits per heavy atom. The molecular formula is C30H29F2N3O3. The second-order valence-electron chi connectivity index (χ2n) is 9.19.